The molecule has 2 rings (SSSR count). The molecule has 8 heteroatoms. The fourth-order valence-electron chi connectivity index (χ4n) is 1.45. The zero-order valence-corrected chi connectivity index (χ0v) is 11.4. The number of nitrogens with one attached hydrogen (secondary N) is 2. The van der Waals surface area contributed by atoms with Gasteiger partial charge in [-0.2, -0.15) is 0 Å². The highest BCUT2D eigenvalue weighted by molar-refractivity contribution is 7.17. The van der Waals surface area contributed by atoms with E-state index in [1.165, 1.54) is 6.07 Å². The summed E-state index contributed by atoms with van der Waals surface area (Å²) in [5, 5.41) is 13.8. The smallest absolute Gasteiger partial charge is 0.282 e. The number of benzene rings is 1. The van der Waals surface area contributed by atoms with E-state index in [2.05, 4.69) is 20.8 Å². The molecule has 0 bridgehead atoms. The second-order valence-corrected chi connectivity index (χ2v) is 4.85. The van der Waals surface area contributed by atoms with Crippen molar-refractivity contribution in [3.63, 3.8) is 0 Å². The van der Waals surface area contributed by atoms with E-state index < -0.39 is 17.5 Å². The van der Waals surface area contributed by atoms with E-state index in [1.807, 2.05) is 6.92 Å². The van der Waals surface area contributed by atoms with Crippen molar-refractivity contribution in [3.8, 4) is 0 Å². The van der Waals surface area contributed by atoms with Crippen LogP contribution in [0.2, 0.25) is 0 Å². The van der Waals surface area contributed by atoms with Crippen molar-refractivity contribution < 1.29 is 13.6 Å². The molecule has 0 saturated heterocycles. The number of hydrogen-bond donors (Lipinski definition) is 2. The standard InChI is InChI=1S/C12H12F2N4OS/c1-2-15-12-18-17-11(20-12)10(19)16-6-7-3-4-8(13)9(14)5-7/h3-5H,2,6H2,1H3,(H,15,18)(H,16,19). The highest BCUT2D eigenvalue weighted by Crippen LogP contribution is 2.15. The van der Waals surface area contributed by atoms with Crippen LogP contribution in [-0.4, -0.2) is 22.6 Å². The predicted octanol–water partition coefficient (Wildman–Crippen LogP) is 2.18. The molecule has 1 amide bonds. The van der Waals surface area contributed by atoms with Crippen LogP contribution in [-0.2, 0) is 6.54 Å². The molecule has 2 N–H and O–H groups in total. The normalized spacial score (nSPS) is 10.3. The SMILES string of the molecule is CCNc1nnc(C(=O)NCc2ccc(F)c(F)c2)s1. The molecule has 1 heterocycles. The summed E-state index contributed by atoms with van der Waals surface area (Å²) in [5.74, 6) is -2.27. The zero-order chi connectivity index (χ0) is 14.5. The minimum absolute atomic E-state index is 0.0894. The van der Waals surface area contributed by atoms with Gasteiger partial charge in [0.05, 0.1) is 0 Å². The number of aromatic nitrogens is 2. The Kier molecular flexibility index (Phi) is 4.57. The maximum Gasteiger partial charge on any atom is 0.282 e. The minimum Gasteiger partial charge on any atom is -0.360 e. The Bertz CT molecular complexity index is 617. The quantitative estimate of drug-likeness (QED) is 0.888. The van der Waals surface area contributed by atoms with Gasteiger partial charge in [-0.3, -0.25) is 4.79 Å². The van der Waals surface area contributed by atoms with Crippen molar-refractivity contribution in [2.45, 2.75) is 13.5 Å². The molecule has 0 atom stereocenters. The minimum atomic E-state index is -0.943. The third-order valence-electron chi connectivity index (χ3n) is 2.38. The Morgan fingerprint density at radius 1 is 1.30 bits per heavy atom. The third-order valence-corrected chi connectivity index (χ3v) is 3.26. The number of carbonyl (C=O) groups is 1. The molecule has 1 aromatic heterocycles. The lowest BCUT2D eigenvalue weighted by Gasteiger charge is -2.03. The molecular weight excluding hydrogens is 286 g/mol. The van der Waals surface area contributed by atoms with Crippen molar-refractivity contribution in [1.82, 2.24) is 15.5 Å². The maximum absolute atomic E-state index is 13.0. The van der Waals surface area contributed by atoms with Crippen molar-refractivity contribution in [1.29, 1.82) is 0 Å². The van der Waals surface area contributed by atoms with E-state index in [0.29, 0.717) is 17.2 Å². The lowest BCUT2D eigenvalue weighted by molar-refractivity contribution is 0.0949. The molecule has 106 valence electrons. The van der Waals surface area contributed by atoms with E-state index in [9.17, 15) is 13.6 Å². The van der Waals surface area contributed by atoms with Gasteiger partial charge in [0.2, 0.25) is 10.1 Å². The number of hydrogen-bond acceptors (Lipinski definition) is 5. The number of nitrogens with zero attached hydrogens (tertiary/aromatic N) is 2. The molecule has 0 aliphatic heterocycles. The monoisotopic (exact) mass is 298 g/mol. The fraction of sp³-hybridized carbons (Fsp3) is 0.250. The van der Waals surface area contributed by atoms with Gasteiger partial charge in [-0.15, -0.1) is 10.2 Å². The second-order valence-electron chi connectivity index (χ2n) is 3.87. The molecule has 5 nitrogen and oxygen atoms in total. The molecule has 2 aromatic rings. The van der Waals surface area contributed by atoms with Gasteiger partial charge in [-0.25, -0.2) is 8.78 Å². The molecule has 0 saturated carbocycles. The Morgan fingerprint density at radius 2 is 2.10 bits per heavy atom. The summed E-state index contributed by atoms with van der Waals surface area (Å²) in [6, 6.07) is 3.47. The fourth-order valence-corrected chi connectivity index (χ4v) is 2.17. The van der Waals surface area contributed by atoms with Gasteiger partial charge >= 0.3 is 0 Å². The molecule has 0 fully saturated rings. The summed E-state index contributed by atoms with van der Waals surface area (Å²) < 4.78 is 25.8. The van der Waals surface area contributed by atoms with Crippen LogP contribution in [0.25, 0.3) is 0 Å². The molecule has 20 heavy (non-hydrogen) atoms. The number of carbonyl (C=O) groups excluding carboxylic acids is 1. The van der Waals surface area contributed by atoms with Crippen LogP contribution in [0.3, 0.4) is 0 Å². The molecule has 1 aromatic carbocycles. The number of anilines is 1. The first-order valence-electron chi connectivity index (χ1n) is 5.89. The summed E-state index contributed by atoms with van der Waals surface area (Å²) in [6.07, 6.45) is 0. The molecule has 0 spiro atoms. The molecule has 0 aliphatic carbocycles. The summed E-state index contributed by atoms with van der Waals surface area (Å²) in [7, 11) is 0. The van der Waals surface area contributed by atoms with Gasteiger partial charge in [0.25, 0.3) is 5.91 Å². The van der Waals surface area contributed by atoms with Gasteiger partial charge in [0.15, 0.2) is 11.6 Å². The lowest BCUT2D eigenvalue weighted by atomic mass is 10.2. The van der Waals surface area contributed by atoms with Crippen LogP contribution < -0.4 is 10.6 Å². The predicted molar refractivity (Wildman–Crippen MR) is 71.6 cm³/mol. The highest BCUT2D eigenvalue weighted by atomic mass is 32.1. The van der Waals surface area contributed by atoms with Crippen LogP contribution in [0, 0.1) is 11.6 Å². The van der Waals surface area contributed by atoms with E-state index in [-0.39, 0.29) is 11.6 Å². The first-order valence-corrected chi connectivity index (χ1v) is 6.71. The van der Waals surface area contributed by atoms with Crippen LogP contribution in [0.1, 0.15) is 22.3 Å². The molecular formula is C12H12F2N4OS. The van der Waals surface area contributed by atoms with Crippen molar-refractivity contribution in [2.75, 3.05) is 11.9 Å². The Balaban J connectivity index is 1.95. The van der Waals surface area contributed by atoms with E-state index >= 15 is 0 Å². The van der Waals surface area contributed by atoms with Gasteiger partial charge < -0.3 is 10.6 Å². The summed E-state index contributed by atoms with van der Waals surface area (Å²) in [4.78, 5) is 11.8. The first-order chi connectivity index (χ1) is 9.60. The molecule has 0 unspecified atom stereocenters. The number of rotatable bonds is 5. The van der Waals surface area contributed by atoms with Crippen LogP contribution >= 0.6 is 11.3 Å². The maximum atomic E-state index is 13.0. The van der Waals surface area contributed by atoms with Crippen LogP contribution in [0.5, 0.6) is 0 Å². The number of amides is 1. The Hall–Kier alpha value is -2.09. The Morgan fingerprint density at radius 3 is 2.80 bits per heavy atom. The van der Waals surface area contributed by atoms with Gasteiger partial charge in [-0.05, 0) is 24.6 Å². The van der Waals surface area contributed by atoms with Crippen molar-refractivity contribution >= 4 is 22.4 Å². The topological polar surface area (TPSA) is 66.9 Å². The molecule has 0 radical (unpaired) electrons. The van der Waals surface area contributed by atoms with E-state index in [0.717, 1.165) is 23.5 Å². The average Bonchev–Trinajstić information content (AvgIpc) is 2.89. The van der Waals surface area contributed by atoms with E-state index in [1.54, 1.807) is 0 Å². The lowest BCUT2D eigenvalue weighted by Crippen LogP contribution is -2.22. The van der Waals surface area contributed by atoms with E-state index in [4.69, 9.17) is 0 Å². The highest BCUT2D eigenvalue weighted by Gasteiger charge is 2.12. The Labute approximate surface area is 118 Å². The van der Waals surface area contributed by atoms with Gasteiger partial charge in [-0.1, -0.05) is 17.4 Å². The third kappa shape index (κ3) is 3.47. The summed E-state index contributed by atoms with van der Waals surface area (Å²) in [6.45, 7) is 2.68. The van der Waals surface area contributed by atoms with Gasteiger partial charge in [0.1, 0.15) is 0 Å². The second kappa shape index (κ2) is 6.38. The van der Waals surface area contributed by atoms with Crippen molar-refractivity contribution in [3.05, 3.63) is 40.4 Å². The van der Waals surface area contributed by atoms with Crippen molar-refractivity contribution in [2.24, 2.45) is 0 Å². The summed E-state index contributed by atoms with van der Waals surface area (Å²) in [5.41, 5.74) is 0.466. The average molecular weight is 298 g/mol. The largest absolute Gasteiger partial charge is 0.360 e. The van der Waals surface area contributed by atoms with Crippen LogP contribution in [0.4, 0.5) is 13.9 Å². The van der Waals surface area contributed by atoms with Gasteiger partial charge in [0, 0.05) is 13.1 Å². The van der Waals surface area contributed by atoms with Crippen LogP contribution in [0.15, 0.2) is 18.2 Å². The first kappa shape index (κ1) is 14.3. The summed E-state index contributed by atoms with van der Waals surface area (Å²) >= 11 is 1.13. The molecule has 0 aliphatic rings. The number of halogens is 2. The zero-order valence-electron chi connectivity index (χ0n) is 10.6.